The fourth-order valence-electron chi connectivity index (χ4n) is 0.988. The molecule has 13 heavy (non-hydrogen) atoms. The van der Waals surface area contributed by atoms with Gasteiger partial charge in [-0.25, -0.2) is 0 Å². The van der Waals surface area contributed by atoms with E-state index >= 15 is 0 Å². The highest BCUT2D eigenvalue weighted by Gasteiger charge is 2.13. The molecule has 1 aromatic heterocycles. The molecule has 0 spiro atoms. The Labute approximate surface area is 90.8 Å². The first-order valence-electron chi connectivity index (χ1n) is 4.12. The molecule has 0 unspecified atom stereocenters. The number of carbonyl (C=O) groups is 1. The summed E-state index contributed by atoms with van der Waals surface area (Å²) in [5.74, 6) is -0.0498. The lowest BCUT2D eigenvalue weighted by Gasteiger charge is -2.03. The summed E-state index contributed by atoms with van der Waals surface area (Å²) < 4.78 is 2.47. The van der Waals surface area contributed by atoms with Crippen molar-refractivity contribution in [3.8, 4) is 0 Å². The van der Waals surface area contributed by atoms with Crippen LogP contribution in [-0.4, -0.2) is 22.2 Å². The smallest absolute Gasteiger partial charge is 0.270 e. The average molecular weight is 293 g/mol. The number of halogens is 1. The van der Waals surface area contributed by atoms with Gasteiger partial charge < -0.3 is 5.32 Å². The van der Waals surface area contributed by atoms with Gasteiger partial charge in [0.2, 0.25) is 0 Å². The predicted molar refractivity (Wildman–Crippen MR) is 58.5 cm³/mol. The zero-order valence-electron chi connectivity index (χ0n) is 7.67. The van der Waals surface area contributed by atoms with Crippen LogP contribution in [0.1, 0.15) is 23.8 Å². The largest absolute Gasteiger partial charge is 0.351 e. The van der Waals surface area contributed by atoms with Crippen molar-refractivity contribution in [2.24, 2.45) is 7.05 Å². The van der Waals surface area contributed by atoms with E-state index in [2.05, 4.69) is 33.0 Å². The minimum Gasteiger partial charge on any atom is -0.351 e. The maximum atomic E-state index is 11.5. The summed E-state index contributed by atoms with van der Waals surface area (Å²) in [7, 11) is 1.77. The second kappa shape index (κ2) is 4.59. The van der Waals surface area contributed by atoms with Crippen molar-refractivity contribution in [2.45, 2.75) is 13.3 Å². The molecule has 0 saturated carbocycles. The summed E-state index contributed by atoms with van der Waals surface area (Å²) in [5.41, 5.74) is 0.633. The first kappa shape index (κ1) is 10.5. The van der Waals surface area contributed by atoms with Gasteiger partial charge in [0.15, 0.2) is 0 Å². The van der Waals surface area contributed by atoms with Gasteiger partial charge in [-0.3, -0.25) is 9.48 Å². The molecule has 5 heteroatoms. The van der Waals surface area contributed by atoms with Gasteiger partial charge >= 0.3 is 0 Å². The van der Waals surface area contributed by atoms with Crippen molar-refractivity contribution >= 4 is 28.5 Å². The van der Waals surface area contributed by atoms with Crippen molar-refractivity contribution in [2.75, 3.05) is 6.54 Å². The molecule has 1 amide bonds. The number of hydrogen-bond donors (Lipinski definition) is 1. The highest BCUT2D eigenvalue weighted by Crippen LogP contribution is 2.09. The minimum atomic E-state index is -0.0498. The van der Waals surface area contributed by atoms with Gasteiger partial charge in [0.1, 0.15) is 5.69 Å². The van der Waals surface area contributed by atoms with Crippen LogP contribution in [0.25, 0.3) is 0 Å². The van der Waals surface area contributed by atoms with Gasteiger partial charge in [0.05, 0.1) is 9.77 Å². The van der Waals surface area contributed by atoms with Crippen LogP contribution in [0, 0.1) is 3.57 Å². The fraction of sp³-hybridized carbons (Fsp3) is 0.500. The van der Waals surface area contributed by atoms with E-state index in [-0.39, 0.29) is 5.91 Å². The maximum Gasteiger partial charge on any atom is 0.270 e. The summed E-state index contributed by atoms with van der Waals surface area (Å²) in [6.07, 6.45) is 2.63. The van der Waals surface area contributed by atoms with Gasteiger partial charge in [-0.1, -0.05) is 6.92 Å². The molecule has 0 aliphatic carbocycles. The molecule has 0 saturated heterocycles. The third-order valence-corrected chi connectivity index (χ3v) is 2.43. The van der Waals surface area contributed by atoms with Crippen LogP contribution >= 0.6 is 22.6 Å². The second-order valence-corrected chi connectivity index (χ2v) is 3.88. The molecule has 0 radical (unpaired) electrons. The lowest BCUT2D eigenvalue weighted by molar-refractivity contribution is 0.0943. The van der Waals surface area contributed by atoms with Crippen molar-refractivity contribution in [1.29, 1.82) is 0 Å². The van der Waals surface area contributed by atoms with Crippen molar-refractivity contribution in [1.82, 2.24) is 15.1 Å². The van der Waals surface area contributed by atoms with E-state index in [1.807, 2.05) is 6.92 Å². The number of amides is 1. The Bertz CT molecular complexity index is 289. The van der Waals surface area contributed by atoms with Crippen LogP contribution < -0.4 is 5.32 Å². The Morgan fingerprint density at radius 3 is 2.92 bits per heavy atom. The minimum absolute atomic E-state index is 0.0498. The monoisotopic (exact) mass is 293 g/mol. The second-order valence-electron chi connectivity index (χ2n) is 2.72. The van der Waals surface area contributed by atoms with Crippen LogP contribution in [0.2, 0.25) is 0 Å². The summed E-state index contributed by atoms with van der Waals surface area (Å²) >= 11 is 2.10. The average Bonchev–Trinajstić information content (AvgIpc) is 2.42. The molecule has 1 aromatic rings. The predicted octanol–water partition coefficient (Wildman–Crippen LogP) is 1.16. The highest BCUT2D eigenvalue weighted by molar-refractivity contribution is 14.1. The molecule has 0 atom stereocenters. The Morgan fingerprint density at radius 1 is 1.77 bits per heavy atom. The van der Waals surface area contributed by atoms with Gasteiger partial charge in [0, 0.05) is 13.6 Å². The summed E-state index contributed by atoms with van der Waals surface area (Å²) in [6.45, 7) is 2.73. The zero-order valence-corrected chi connectivity index (χ0v) is 9.83. The summed E-state index contributed by atoms with van der Waals surface area (Å²) in [5, 5.41) is 6.81. The molecular formula is C8H12IN3O. The van der Waals surface area contributed by atoms with Crippen molar-refractivity contribution in [3.63, 3.8) is 0 Å². The summed E-state index contributed by atoms with van der Waals surface area (Å²) in [6, 6.07) is 0. The Morgan fingerprint density at radius 2 is 2.46 bits per heavy atom. The van der Waals surface area contributed by atoms with E-state index in [9.17, 15) is 4.79 Å². The third kappa shape index (κ3) is 2.43. The number of rotatable bonds is 3. The van der Waals surface area contributed by atoms with Crippen LogP contribution in [0.5, 0.6) is 0 Å². The van der Waals surface area contributed by atoms with E-state index in [1.54, 1.807) is 17.9 Å². The number of hydrogen-bond acceptors (Lipinski definition) is 2. The maximum absolute atomic E-state index is 11.5. The highest BCUT2D eigenvalue weighted by atomic mass is 127. The quantitative estimate of drug-likeness (QED) is 0.850. The van der Waals surface area contributed by atoms with Gasteiger partial charge in [0.25, 0.3) is 5.91 Å². The summed E-state index contributed by atoms with van der Waals surface area (Å²) in [4.78, 5) is 11.5. The zero-order chi connectivity index (χ0) is 9.84. The van der Waals surface area contributed by atoms with E-state index in [1.165, 1.54) is 0 Å². The molecule has 1 heterocycles. The van der Waals surface area contributed by atoms with Gasteiger partial charge in [-0.15, -0.1) is 0 Å². The molecular weight excluding hydrogens is 281 g/mol. The molecule has 72 valence electrons. The normalized spacial score (nSPS) is 10.1. The van der Waals surface area contributed by atoms with Crippen LogP contribution in [0.4, 0.5) is 0 Å². The van der Waals surface area contributed by atoms with Crippen LogP contribution in [0.15, 0.2) is 6.20 Å². The number of aryl methyl sites for hydroxylation is 1. The first-order valence-corrected chi connectivity index (χ1v) is 5.20. The lowest BCUT2D eigenvalue weighted by atomic mass is 10.4. The van der Waals surface area contributed by atoms with E-state index < -0.39 is 0 Å². The molecule has 0 fully saturated rings. The van der Waals surface area contributed by atoms with E-state index in [4.69, 9.17) is 0 Å². The first-order chi connectivity index (χ1) is 6.16. The van der Waals surface area contributed by atoms with E-state index in [0.717, 1.165) is 9.99 Å². The standard InChI is InChI=1S/C8H12IN3O/c1-3-4-10-8(13)7-6(9)5-11-12(7)2/h5H,3-4H2,1-2H3,(H,10,13). The van der Waals surface area contributed by atoms with Crippen LogP contribution in [-0.2, 0) is 7.05 Å². The van der Waals surface area contributed by atoms with Gasteiger partial charge in [-0.05, 0) is 29.0 Å². The van der Waals surface area contributed by atoms with Gasteiger partial charge in [-0.2, -0.15) is 5.10 Å². The molecule has 0 aliphatic heterocycles. The molecule has 1 N–H and O–H groups in total. The van der Waals surface area contributed by atoms with Crippen molar-refractivity contribution in [3.05, 3.63) is 15.5 Å². The molecule has 0 bridgehead atoms. The Hall–Kier alpha value is -0.590. The molecule has 0 aliphatic rings. The molecule has 1 rings (SSSR count). The Kier molecular flexibility index (Phi) is 3.71. The molecule has 0 aromatic carbocycles. The fourth-order valence-corrected chi connectivity index (χ4v) is 1.71. The Balaban J connectivity index is 2.76. The van der Waals surface area contributed by atoms with Crippen molar-refractivity contribution < 1.29 is 4.79 Å². The number of carbonyl (C=O) groups excluding carboxylic acids is 1. The van der Waals surface area contributed by atoms with Crippen LogP contribution in [0.3, 0.4) is 0 Å². The number of aromatic nitrogens is 2. The molecule has 4 nitrogen and oxygen atoms in total. The lowest BCUT2D eigenvalue weighted by Crippen LogP contribution is -2.26. The van der Waals surface area contributed by atoms with E-state index in [0.29, 0.717) is 12.2 Å². The SMILES string of the molecule is CCCNC(=O)c1c(I)cnn1C. The third-order valence-electron chi connectivity index (χ3n) is 1.64. The number of nitrogens with one attached hydrogen (secondary N) is 1. The number of nitrogens with zero attached hydrogens (tertiary/aromatic N) is 2. The topological polar surface area (TPSA) is 46.9 Å².